The number of aliphatic imine (C=N–C) groups is 1. The Morgan fingerprint density at radius 3 is 2.28 bits per heavy atom. The standard InChI is InChI=1S/C17H17N3S.C8H10/c18-10-15-14-8-4-5-9-16(14)21-17(15)20-12-19-11-13-6-2-1-3-7-13;1-2-8-6-4-3-5-7-8/h1-3,6-7,12H,4-5,8-9,11H2,(H,19,20);3-7H,2H2,1H3. The van der Waals surface area contributed by atoms with Crippen LogP contribution in [0.4, 0.5) is 5.00 Å². The van der Waals surface area contributed by atoms with Gasteiger partial charge in [0.1, 0.15) is 11.1 Å². The van der Waals surface area contributed by atoms with Crippen molar-refractivity contribution in [3.8, 4) is 6.07 Å². The molecule has 0 saturated carbocycles. The fraction of sp³-hybridized carbons (Fsp3) is 0.280. The molecule has 148 valence electrons. The molecule has 0 aliphatic heterocycles. The number of nitrogens with one attached hydrogen (secondary N) is 1. The summed E-state index contributed by atoms with van der Waals surface area (Å²) in [5, 5.41) is 13.5. The van der Waals surface area contributed by atoms with Crippen LogP contribution in [-0.4, -0.2) is 6.34 Å². The van der Waals surface area contributed by atoms with Crippen LogP contribution >= 0.6 is 11.3 Å². The molecule has 0 amide bonds. The summed E-state index contributed by atoms with van der Waals surface area (Å²) in [4.78, 5) is 5.75. The van der Waals surface area contributed by atoms with Crippen LogP contribution in [0.3, 0.4) is 0 Å². The first-order valence-corrected chi connectivity index (χ1v) is 11.0. The van der Waals surface area contributed by atoms with Gasteiger partial charge in [0.25, 0.3) is 0 Å². The van der Waals surface area contributed by atoms with E-state index in [-0.39, 0.29) is 0 Å². The Balaban J connectivity index is 0.000000252. The summed E-state index contributed by atoms with van der Waals surface area (Å²) >= 11 is 1.71. The van der Waals surface area contributed by atoms with Crippen molar-refractivity contribution in [2.24, 2.45) is 4.99 Å². The number of benzene rings is 2. The molecule has 1 N–H and O–H groups in total. The predicted molar refractivity (Wildman–Crippen MR) is 124 cm³/mol. The fourth-order valence-electron chi connectivity index (χ4n) is 3.34. The number of nitrogens with zero attached hydrogens (tertiary/aromatic N) is 2. The number of anilines is 1. The van der Waals surface area contributed by atoms with E-state index in [0.29, 0.717) is 6.54 Å². The van der Waals surface area contributed by atoms with Gasteiger partial charge in [-0.05, 0) is 48.8 Å². The first-order chi connectivity index (χ1) is 14.3. The first-order valence-electron chi connectivity index (χ1n) is 10.2. The van der Waals surface area contributed by atoms with E-state index in [4.69, 9.17) is 0 Å². The van der Waals surface area contributed by atoms with Crippen molar-refractivity contribution in [1.82, 2.24) is 0 Å². The first kappa shape index (κ1) is 20.8. The van der Waals surface area contributed by atoms with Gasteiger partial charge in [-0.1, -0.05) is 67.6 Å². The summed E-state index contributed by atoms with van der Waals surface area (Å²) in [6.45, 7) is 2.82. The highest BCUT2D eigenvalue weighted by atomic mass is 32.1. The molecule has 3 aromatic rings. The molecule has 4 heteroatoms. The molecule has 0 saturated heterocycles. The summed E-state index contributed by atoms with van der Waals surface area (Å²) in [6, 6.07) is 22.9. The van der Waals surface area contributed by atoms with Gasteiger partial charge in [-0.3, -0.25) is 4.99 Å². The molecule has 1 heterocycles. The minimum absolute atomic E-state index is 0.654. The predicted octanol–water partition coefficient (Wildman–Crippen LogP) is 6.39. The van der Waals surface area contributed by atoms with Crippen molar-refractivity contribution in [1.29, 1.82) is 5.26 Å². The van der Waals surface area contributed by atoms with Gasteiger partial charge in [0, 0.05) is 4.88 Å². The average Bonchev–Trinajstić information content (AvgIpc) is 3.16. The van der Waals surface area contributed by atoms with E-state index in [1.54, 1.807) is 17.7 Å². The summed E-state index contributed by atoms with van der Waals surface area (Å²) in [5.74, 6) is 0. The lowest BCUT2D eigenvalue weighted by Crippen LogP contribution is -2.00. The van der Waals surface area contributed by atoms with Crippen molar-refractivity contribution >= 4 is 22.7 Å². The zero-order valence-corrected chi connectivity index (χ0v) is 17.7. The lowest BCUT2D eigenvalue weighted by molar-refractivity contribution is 0.696. The van der Waals surface area contributed by atoms with E-state index in [2.05, 4.69) is 59.7 Å². The third kappa shape index (κ3) is 6.04. The normalized spacial score (nSPS) is 12.6. The summed E-state index contributed by atoms with van der Waals surface area (Å²) in [7, 11) is 0. The number of thiophene rings is 1. The van der Waals surface area contributed by atoms with E-state index < -0.39 is 0 Å². The van der Waals surface area contributed by atoms with Gasteiger partial charge in [-0.15, -0.1) is 11.3 Å². The number of rotatable bonds is 5. The molecule has 0 spiro atoms. The molecule has 0 atom stereocenters. The quantitative estimate of drug-likeness (QED) is 0.398. The maximum Gasteiger partial charge on any atom is 0.112 e. The van der Waals surface area contributed by atoms with Gasteiger partial charge < -0.3 is 5.32 Å². The molecule has 1 aromatic heterocycles. The lowest BCUT2D eigenvalue weighted by atomic mass is 9.96. The van der Waals surface area contributed by atoms with Gasteiger partial charge in [-0.2, -0.15) is 5.26 Å². The molecule has 1 aliphatic carbocycles. The Hall–Kier alpha value is -2.90. The van der Waals surface area contributed by atoms with E-state index in [0.717, 1.165) is 29.8 Å². The minimum atomic E-state index is 0.654. The summed E-state index contributed by atoms with van der Waals surface area (Å²) in [6.07, 6.45) is 7.43. The van der Waals surface area contributed by atoms with E-state index in [1.165, 1.54) is 34.4 Å². The fourth-order valence-corrected chi connectivity index (χ4v) is 4.54. The number of fused-ring (bicyclic) bond motifs is 1. The van der Waals surface area contributed by atoms with E-state index in [9.17, 15) is 5.26 Å². The third-order valence-electron chi connectivity index (χ3n) is 4.94. The topological polar surface area (TPSA) is 48.2 Å². The summed E-state index contributed by atoms with van der Waals surface area (Å²) < 4.78 is 0. The average molecular weight is 402 g/mol. The zero-order valence-electron chi connectivity index (χ0n) is 16.9. The van der Waals surface area contributed by atoms with Crippen LogP contribution in [0.25, 0.3) is 0 Å². The molecule has 0 bridgehead atoms. The Morgan fingerprint density at radius 2 is 1.66 bits per heavy atom. The molecule has 0 unspecified atom stereocenters. The van der Waals surface area contributed by atoms with Crippen molar-refractivity contribution < 1.29 is 0 Å². The lowest BCUT2D eigenvalue weighted by Gasteiger charge is -2.09. The van der Waals surface area contributed by atoms with Crippen LogP contribution in [0.5, 0.6) is 0 Å². The van der Waals surface area contributed by atoms with Gasteiger partial charge in [0.15, 0.2) is 0 Å². The van der Waals surface area contributed by atoms with Crippen LogP contribution in [0.15, 0.2) is 65.7 Å². The van der Waals surface area contributed by atoms with Gasteiger partial charge in [0.2, 0.25) is 0 Å². The molecular weight excluding hydrogens is 374 g/mol. The van der Waals surface area contributed by atoms with Gasteiger partial charge in [-0.25, -0.2) is 0 Å². The molecule has 29 heavy (non-hydrogen) atoms. The second kappa shape index (κ2) is 11.2. The maximum absolute atomic E-state index is 9.37. The molecule has 3 nitrogen and oxygen atoms in total. The number of aryl methyl sites for hydroxylation is 2. The number of hydrogen-bond acceptors (Lipinski definition) is 3. The van der Waals surface area contributed by atoms with Crippen molar-refractivity contribution in [3.05, 3.63) is 87.8 Å². The molecule has 2 aromatic carbocycles. The van der Waals surface area contributed by atoms with Gasteiger partial charge >= 0.3 is 0 Å². The van der Waals surface area contributed by atoms with Crippen LogP contribution in [0.1, 0.15) is 46.9 Å². The van der Waals surface area contributed by atoms with Crippen molar-refractivity contribution in [2.75, 3.05) is 5.32 Å². The van der Waals surface area contributed by atoms with Crippen LogP contribution in [0.2, 0.25) is 0 Å². The second-order valence-electron chi connectivity index (χ2n) is 6.97. The Labute approximate surface area is 177 Å². The molecule has 1 aliphatic rings. The molecule has 4 rings (SSSR count). The minimum Gasteiger partial charge on any atom is -0.337 e. The van der Waals surface area contributed by atoms with Crippen molar-refractivity contribution in [2.45, 2.75) is 45.6 Å². The highest BCUT2D eigenvalue weighted by molar-refractivity contribution is 7.16. The molecule has 0 fully saturated rings. The zero-order chi connectivity index (χ0) is 20.3. The van der Waals surface area contributed by atoms with Crippen LogP contribution in [0, 0.1) is 11.3 Å². The van der Waals surface area contributed by atoms with Crippen LogP contribution < -0.4 is 5.32 Å². The number of nitriles is 1. The molecular formula is C25H27N3S. The molecule has 0 radical (unpaired) electrons. The third-order valence-corrected chi connectivity index (χ3v) is 6.16. The van der Waals surface area contributed by atoms with Crippen molar-refractivity contribution in [3.63, 3.8) is 0 Å². The monoisotopic (exact) mass is 401 g/mol. The highest BCUT2D eigenvalue weighted by Crippen LogP contribution is 2.37. The smallest absolute Gasteiger partial charge is 0.112 e. The Bertz CT molecular complexity index is 953. The van der Waals surface area contributed by atoms with E-state index in [1.807, 2.05) is 24.3 Å². The second-order valence-corrected chi connectivity index (χ2v) is 8.07. The highest BCUT2D eigenvalue weighted by Gasteiger charge is 2.19. The van der Waals surface area contributed by atoms with Crippen LogP contribution in [-0.2, 0) is 25.8 Å². The Kier molecular flexibility index (Phi) is 8.03. The SMILES string of the molecule is CCc1ccccc1.N#Cc1c(NC=NCc2ccccc2)sc2c1CCCC2. The summed E-state index contributed by atoms with van der Waals surface area (Å²) in [5.41, 5.74) is 4.67. The maximum atomic E-state index is 9.37. The Morgan fingerprint density at radius 1 is 1.00 bits per heavy atom. The number of hydrogen-bond donors (Lipinski definition) is 1. The largest absolute Gasteiger partial charge is 0.337 e. The van der Waals surface area contributed by atoms with E-state index >= 15 is 0 Å². The van der Waals surface area contributed by atoms with Gasteiger partial charge in [0.05, 0.1) is 18.4 Å².